The topological polar surface area (TPSA) is 29.9 Å². The van der Waals surface area contributed by atoms with E-state index in [2.05, 4.69) is 39.5 Å². The van der Waals surface area contributed by atoms with Crippen molar-refractivity contribution in [3.05, 3.63) is 33.6 Å². The van der Waals surface area contributed by atoms with Crippen LogP contribution in [-0.2, 0) is 19.4 Å². The molecule has 0 bridgehead atoms. The first-order valence-corrected chi connectivity index (χ1v) is 6.61. The first-order chi connectivity index (χ1) is 7.88. The lowest BCUT2D eigenvalue weighted by molar-refractivity contribution is 0.655. The summed E-state index contributed by atoms with van der Waals surface area (Å²) in [7, 11) is 0. The lowest BCUT2D eigenvalue weighted by Gasteiger charge is -2.01. The summed E-state index contributed by atoms with van der Waals surface area (Å²) in [4.78, 5) is 1.40. The van der Waals surface area contributed by atoms with Gasteiger partial charge >= 0.3 is 0 Å². The van der Waals surface area contributed by atoms with Crippen molar-refractivity contribution in [2.45, 2.75) is 26.3 Å². The van der Waals surface area contributed by atoms with Crippen LogP contribution >= 0.6 is 11.3 Å². The third kappa shape index (κ3) is 1.53. The van der Waals surface area contributed by atoms with Gasteiger partial charge in [0.1, 0.15) is 5.82 Å². The van der Waals surface area contributed by atoms with Crippen LogP contribution in [0.25, 0.3) is 0 Å². The van der Waals surface area contributed by atoms with E-state index < -0.39 is 0 Å². The van der Waals surface area contributed by atoms with Crippen molar-refractivity contribution < 1.29 is 0 Å². The van der Waals surface area contributed by atoms with Crippen molar-refractivity contribution >= 4 is 17.2 Å². The lowest BCUT2D eigenvalue weighted by Crippen LogP contribution is -2.05. The van der Waals surface area contributed by atoms with Gasteiger partial charge in [0.15, 0.2) is 0 Å². The molecule has 3 nitrogen and oxygen atoms in total. The molecule has 1 N–H and O–H groups in total. The highest BCUT2D eigenvalue weighted by Gasteiger charge is 2.21. The van der Waals surface area contributed by atoms with E-state index in [1.165, 1.54) is 22.0 Å². The molecular weight excluding hydrogens is 218 g/mol. The molecule has 0 aromatic carbocycles. The molecule has 0 amide bonds. The molecule has 1 aliphatic rings. The van der Waals surface area contributed by atoms with Crippen LogP contribution in [0.2, 0.25) is 0 Å². The molecule has 0 saturated heterocycles. The molecule has 84 valence electrons. The molecule has 3 rings (SSSR count). The number of anilines is 1. The normalized spacial score (nSPS) is 13.8. The van der Waals surface area contributed by atoms with Crippen molar-refractivity contribution in [2.75, 3.05) is 11.9 Å². The predicted molar refractivity (Wildman–Crippen MR) is 67.2 cm³/mol. The summed E-state index contributed by atoms with van der Waals surface area (Å²) in [5.41, 5.74) is 2.68. The Labute approximate surface area is 99.1 Å². The largest absolute Gasteiger partial charge is 0.370 e. The summed E-state index contributed by atoms with van der Waals surface area (Å²) in [6.45, 7) is 4.15. The van der Waals surface area contributed by atoms with E-state index in [1.807, 2.05) is 11.3 Å². The first kappa shape index (κ1) is 9.90. The second kappa shape index (κ2) is 3.94. The Morgan fingerprint density at radius 3 is 3.25 bits per heavy atom. The minimum atomic E-state index is 0.944. The Bertz CT molecular complexity index is 485. The Morgan fingerprint density at radius 1 is 1.56 bits per heavy atom. The fourth-order valence-electron chi connectivity index (χ4n) is 2.26. The zero-order chi connectivity index (χ0) is 11.0. The molecule has 0 aliphatic carbocycles. The minimum Gasteiger partial charge on any atom is -0.370 e. The summed E-state index contributed by atoms with van der Waals surface area (Å²) in [6, 6.07) is 4.29. The highest BCUT2D eigenvalue weighted by Crippen LogP contribution is 2.28. The molecule has 0 spiro atoms. The zero-order valence-electron chi connectivity index (χ0n) is 9.36. The van der Waals surface area contributed by atoms with Gasteiger partial charge in [-0.3, -0.25) is 0 Å². The van der Waals surface area contributed by atoms with Gasteiger partial charge in [-0.2, -0.15) is 5.10 Å². The van der Waals surface area contributed by atoms with Crippen LogP contribution in [0.3, 0.4) is 0 Å². The number of hydrogen-bond acceptors (Lipinski definition) is 3. The molecule has 0 saturated carbocycles. The van der Waals surface area contributed by atoms with Crippen LogP contribution in [0.5, 0.6) is 0 Å². The van der Waals surface area contributed by atoms with Crippen LogP contribution in [0.15, 0.2) is 17.5 Å². The minimum absolute atomic E-state index is 0.944. The van der Waals surface area contributed by atoms with E-state index in [9.17, 15) is 0 Å². The Balaban J connectivity index is 1.95. The fourth-order valence-corrected chi connectivity index (χ4v) is 2.97. The van der Waals surface area contributed by atoms with Crippen molar-refractivity contribution in [1.29, 1.82) is 0 Å². The number of thiophene rings is 1. The molecule has 3 heterocycles. The number of rotatable bonds is 3. The van der Waals surface area contributed by atoms with Crippen molar-refractivity contribution in [3.63, 3.8) is 0 Å². The van der Waals surface area contributed by atoms with Gasteiger partial charge in [0.05, 0.1) is 5.69 Å². The summed E-state index contributed by atoms with van der Waals surface area (Å²) < 4.78 is 2.09. The lowest BCUT2D eigenvalue weighted by atomic mass is 10.1. The third-order valence-corrected chi connectivity index (χ3v) is 3.90. The molecule has 0 fully saturated rings. The Hall–Kier alpha value is -1.29. The van der Waals surface area contributed by atoms with Crippen LogP contribution in [0.1, 0.15) is 23.1 Å². The van der Waals surface area contributed by atoms with E-state index >= 15 is 0 Å². The summed E-state index contributed by atoms with van der Waals surface area (Å²) in [6.07, 6.45) is 2.10. The fraction of sp³-hybridized carbons (Fsp3) is 0.417. The van der Waals surface area contributed by atoms with Gasteiger partial charge in [-0.25, -0.2) is 4.68 Å². The highest BCUT2D eigenvalue weighted by molar-refractivity contribution is 7.09. The van der Waals surface area contributed by atoms with Gasteiger partial charge in [0, 0.05) is 30.0 Å². The predicted octanol–water partition coefficient (Wildman–Crippen LogP) is 2.52. The summed E-state index contributed by atoms with van der Waals surface area (Å²) >= 11 is 1.81. The Kier molecular flexibility index (Phi) is 2.44. The molecule has 1 aliphatic heterocycles. The van der Waals surface area contributed by atoms with Gasteiger partial charge in [0.25, 0.3) is 0 Å². The maximum absolute atomic E-state index is 4.69. The number of nitrogens with zero attached hydrogens (tertiary/aromatic N) is 2. The number of aryl methyl sites for hydroxylation is 1. The number of fused-ring (bicyclic) bond motifs is 1. The molecular formula is C12H15N3S. The molecule has 2 aromatic heterocycles. The van der Waals surface area contributed by atoms with Gasteiger partial charge in [-0.15, -0.1) is 11.3 Å². The average Bonchev–Trinajstić information content (AvgIpc) is 2.96. The van der Waals surface area contributed by atoms with Gasteiger partial charge < -0.3 is 5.32 Å². The van der Waals surface area contributed by atoms with Gasteiger partial charge in [0.2, 0.25) is 0 Å². The van der Waals surface area contributed by atoms with E-state index in [-0.39, 0.29) is 0 Å². The highest BCUT2D eigenvalue weighted by atomic mass is 32.1. The maximum atomic E-state index is 4.69. The summed E-state index contributed by atoms with van der Waals surface area (Å²) in [5.74, 6) is 1.24. The van der Waals surface area contributed by atoms with E-state index in [4.69, 9.17) is 0 Å². The van der Waals surface area contributed by atoms with E-state index in [0.29, 0.717) is 0 Å². The molecule has 0 atom stereocenters. The standard InChI is InChI=1S/C12H15N3S/c1-2-15-12-10(5-6-13-12)11(14-15)8-9-4-3-7-16-9/h3-4,7,13H,2,5-6,8H2,1H3. The molecule has 2 aromatic rings. The van der Waals surface area contributed by atoms with Gasteiger partial charge in [-0.05, 0) is 24.8 Å². The molecule has 0 radical (unpaired) electrons. The average molecular weight is 233 g/mol. The second-order valence-corrected chi connectivity index (χ2v) is 5.05. The SMILES string of the molecule is CCn1nc(Cc2cccs2)c2c1NCC2. The van der Waals surface area contributed by atoms with Gasteiger partial charge in [-0.1, -0.05) is 6.07 Å². The van der Waals surface area contributed by atoms with E-state index in [0.717, 1.165) is 25.9 Å². The molecule has 16 heavy (non-hydrogen) atoms. The number of hydrogen-bond donors (Lipinski definition) is 1. The third-order valence-electron chi connectivity index (χ3n) is 3.02. The van der Waals surface area contributed by atoms with Crippen LogP contribution < -0.4 is 5.32 Å². The first-order valence-electron chi connectivity index (χ1n) is 5.73. The monoisotopic (exact) mass is 233 g/mol. The summed E-state index contributed by atoms with van der Waals surface area (Å²) in [5, 5.41) is 10.2. The van der Waals surface area contributed by atoms with Crippen LogP contribution in [0, 0.1) is 0 Å². The number of aromatic nitrogens is 2. The van der Waals surface area contributed by atoms with Crippen LogP contribution in [-0.4, -0.2) is 16.3 Å². The number of nitrogens with one attached hydrogen (secondary N) is 1. The quantitative estimate of drug-likeness (QED) is 0.883. The van der Waals surface area contributed by atoms with E-state index in [1.54, 1.807) is 0 Å². The van der Waals surface area contributed by atoms with Crippen molar-refractivity contribution in [1.82, 2.24) is 9.78 Å². The van der Waals surface area contributed by atoms with Crippen molar-refractivity contribution in [2.24, 2.45) is 0 Å². The molecule has 0 unspecified atom stereocenters. The maximum Gasteiger partial charge on any atom is 0.127 e. The van der Waals surface area contributed by atoms with Crippen LogP contribution in [0.4, 0.5) is 5.82 Å². The molecule has 4 heteroatoms. The second-order valence-electron chi connectivity index (χ2n) is 4.02. The van der Waals surface area contributed by atoms with Crippen molar-refractivity contribution in [3.8, 4) is 0 Å². The smallest absolute Gasteiger partial charge is 0.127 e. The zero-order valence-corrected chi connectivity index (χ0v) is 10.2. The Morgan fingerprint density at radius 2 is 2.50 bits per heavy atom.